The first-order valence-electron chi connectivity index (χ1n) is 12.3. The summed E-state index contributed by atoms with van der Waals surface area (Å²) in [5.74, 6) is -1.33. The summed E-state index contributed by atoms with van der Waals surface area (Å²) in [6.07, 6.45) is 3.98. The fraction of sp³-hybridized carbons (Fsp3) is 0.286. The maximum Gasteiger partial charge on any atom is 0.341 e. The van der Waals surface area contributed by atoms with Gasteiger partial charge in [-0.2, -0.15) is 0 Å². The maximum atomic E-state index is 14.5. The van der Waals surface area contributed by atoms with E-state index in [0.717, 1.165) is 5.56 Å². The minimum Gasteiger partial charge on any atom is -0.462 e. The number of fused-ring (bicyclic) bond motifs is 4. The van der Waals surface area contributed by atoms with Gasteiger partial charge >= 0.3 is 5.97 Å². The highest BCUT2D eigenvalue weighted by Crippen LogP contribution is 2.54. The number of aromatic nitrogens is 2. The highest BCUT2D eigenvalue weighted by Gasteiger charge is 2.62. The third kappa shape index (κ3) is 3.53. The molecule has 2 aliphatic heterocycles. The number of hydrogen-bond acceptors (Lipinski definition) is 7. The Morgan fingerprint density at radius 1 is 1.14 bits per heavy atom. The van der Waals surface area contributed by atoms with Gasteiger partial charge in [-0.15, -0.1) is 0 Å². The maximum absolute atomic E-state index is 14.5. The monoisotopic (exact) mass is 500 g/mol. The van der Waals surface area contributed by atoms with Gasteiger partial charge in [-0.25, -0.2) is 4.79 Å². The highest BCUT2D eigenvalue weighted by atomic mass is 16.5. The van der Waals surface area contributed by atoms with Gasteiger partial charge < -0.3 is 24.7 Å². The molecule has 190 valence electrons. The molecule has 1 amide bonds. The molecule has 0 aliphatic carbocycles. The lowest BCUT2D eigenvalue weighted by Gasteiger charge is -2.36. The standard InChI is InChI=1S/C28H28N4O5/c1-4-14-31-20-9-7-6-8-19(20)28(27(31)35)22-21(37-24(29)23(28)26(34)36-5-2)15-17(3)32(25(22)33)16-18-10-12-30-13-11-18/h6-13,15H,4-5,14,16,29H2,1-3H3. The molecule has 2 aliphatic rings. The molecule has 37 heavy (non-hydrogen) atoms. The molecule has 1 unspecified atom stereocenters. The summed E-state index contributed by atoms with van der Waals surface area (Å²) in [5.41, 5.74) is 6.59. The second kappa shape index (κ2) is 9.24. The SMILES string of the molecule is CCCN1C(=O)C2(C(C(=O)OCC)=C(N)Oc3cc(C)n(Cc4ccncc4)c(=O)c32)c2ccccc21. The van der Waals surface area contributed by atoms with E-state index in [4.69, 9.17) is 15.2 Å². The van der Waals surface area contributed by atoms with Crippen molar-refractivity contribution in [2.45, 2.75) is 39.2 Å². The Labute approximate surface area is 214 Å². The van der Waals surface area contributed by atoms with Crippen LogP contribution in [-0.4, -0.2) is 34.6 Å². The quantitative estimate of drug-likeness (QED) is 0.517. The molecule has 0 saturated carbocycles. The number of ether oxygens (including phenoxy) is 2. The lowest BCUT2D eigenvalue weighted by molar-refractivity contribution is -0.140. The molecule has 1 aromatic carbocycles. The third-order valence-corrected chi connectivity index (χ3v) is 6.87. The Bertz CT molecular complexity index is 1490. The smallest absolute Gasteiger partial charge is 0.341 e. The molecule has 1 spiro atoms. The Kier molecular flexibility index (Phi) is 6.07. The molecule has 0 fully saturated rings. The summed E-state index contributed by atoms with van der Waals surface area (Å²) in [6, 6.07) is 12.5. The van der Waals surface area contributed by atoms with E-state index in [0.29, 0.717) is 29.9 Å². The van der Waals surface area contributed by atoms with Crippen LogP contribution in [0.2, 0.25) is 0 Å². The number of amides is 1. The Balaban J connectivity index is 1.87. The van der Waals surface area contributed by atoms with Gasteiger partial charge in [0.2, 0.25) is 11.8 Å². The van der Waals surface area contributed by atoms with Gasteiger partial charge in [0.05, 0.1) is 18.7 Å². The summed E-state index contributed by atoms with van der Waals surface area (Å²) < 4.78 is 12.8. The molecule has 9 heteroatoms. The Hall–Kier alpha value is -4.40. The number of nitrogens with two attached hydrogens (primary N) is 1. The van der Waals surface area contributed by atoms with Crippen LogP contribution in [0.1, 0.15) is 42.7 Å². The Morgan fingerprint density at radius 2 is 1.86 bits per heavy atom. The molecule has 5 rings (SSSR count). The van der Waals surface area contributed by atoms with Crippen LogP contribution in [0.3, 0.4) is 0 Å². The molecule has 9 nitrogen and oxygen atoms in total. The van der Waals surface area contributed by atoms with E-state index in [1.165, 1.54) is 0 Å². The van der Waals surface area contributed by atoms with Gasteiger partial charge in [-0.3, -0.25) is 14.6 Å². The van der Waals surface area contributed by atoms with Crippen molar-refractivity contribution in [1.82, 2.24) is 9.55 Å². The van der Waals surface area contributed by atoms with E-state index in [-0.39, 0.29) is 35.9 Å². The minimum atomic E-state index is -1.81. The number of benzene rings is 1. The number of rotatable bonds is 6. The van der Waals surface area contributed by atoms with Crippen molar-refractivity contribution < 1.29 is 19.1 Å². The first-order valence-corrected chi connectivity index (χ1v) is 12.3. The lowest BCUT2D eigenvalue weighted by atomic mass is 9.68. The van der Waals surface area contributed by atoms with Crippen LogP contribution in [0.5, 0.6) is 5.75 Å². The summed E-state index contributed by atoms with van der Waals surface area (Å²) in [7, 11) is 0. The van der Waals surface area contributed by atoms with Gasteiger partial charge in [0.25, 0.3) is 5.56 Å². The summed E-state index contributed by atoms with van der Waals surface area (Å²) in [6.45, 7) is 6.12. The number of para-hydroxylation sites is 1. The van der Waals surface area contributed by atoms with Crippen molar-refractivity contribution >= 4 is 17.6 Å². The third-order valence-electron chi connectivity index (χ3n) is 6.87. The molecule has 0 radical (unpaired) electrons. The molecule has 1 atom stereocenters. The van der Waals surface area contributed by atoms with E-state index < -0.39 is 22.9 Å². The van der Waals surface area contributed by atoms with Crippen LogP contribution in [0.4, 0.5) is 5.69 Å². The number of esters is 1. The number of aryl methyl sites for hydroxylation is 1. The van der Waals surface area contributed by atoms with Crippen LogP contribution in [-0.2, 0) is 26.3 Å². The highest BCUT2D eigenvalue weighted by molar-refractivity contribution is 6.18. The van der Waals surface area contributed by atoms with E-state index in [2.05, 4.69) is 4.98 Å². The molecule has 0 bridgehead atoms. The number of pyridine rings is 2. The first-order chi connectivity index (χ1) is 17.9. The topological polar surface area (TPSA) is 117 Å². The van der Waals surface area contributed by atoms with Crippen molar-refractivity contribution in [3.63, 3.8) is 0 Å². The Morgan fingerprint density at radius 3 is 2.57 bits per heavy atom. The van der Waals surface area contributed by atoms with Crippen molar-refractivity contribution in [3.8, 4) is 5.75 Å². The zero-order chi connectivity index (χ0) is 26.3. The van der Waals surface area contributed by atoms with Gasteiger partial charge in [0.1, 0.15) is 16.7 Å². The van der Waals surface area contributed by atoms with Crippen LogP contribution in [0.15, 0.2) is 71.1 Å². The van der Waals surface area contributed by atoms with Crippen LogP contribution >= 0.6 is 0 Å². The largest absolute Gasteiger partial charge is 0.462 e. The van der Waals surface area contributed by atoms with E-state index in [1.807, 2.05) is 31.2 Å². The molecule has 3 aromatic rings. The lowest BCUT2D eigenvalue weighted by Crippen LogP contribution is -2.52. The fourth-order valence-electron chi connectivity index (χ4n) is 5.35. The fourth-order valence-corrected chi connectivity index (χ4v) is 5.35. The minimum absolute atomic E-state index is 0.0560. The summed E-state index contributed by atoms with van der Waals surface area (Å²) >= 11 is 0. The molecule has 4 heterocycles. The number of nitrogens with zero attached hydrogens (tertiary/aromatic N) is 3. The van der Waals surface area contributed by atoms with Crippen LogP contribution in [0.25, 0.3) is 0 Å². The molecular weight excluding hydrogens is 472 g/mol. The first kappa shape index (κ1) is 24.3. The number of carbonyl (C=O) groups excluding carboxylic acids is 2. The van der Waals surface area contributed by atoms with E-state index >= 15 is 0 Å². The zero-order valence-electron chi connectivity index (χ0n) is 21.0. The van der Waals surface area contributed by atoms with Crippen molar-refractivity contribution in [2.75, 3.05) is 18.1 Å². The van der Waals surface area contributed by atoms with Crippen molar-refractivity contribution in [1.29, 1.82) is 0 Å². The van der Waals surface area contributed by atoms with Gasteiger partial charge in [0.15, 0.2) is 0 Å². The predicted molar refractivity (Wildman–Crippen MR) is 137 cm³/mol. The molecular formula is C28H28N4O5. The van der Waals surface area contributed by atoms with Crippen molar-refractivity contribution in [2.24, 2.45) is 5.73 Å². The van der Waals surface area contributed by atoms with Crippen molar-refractivity contribution in [3.05, 3.63) is 99.1 Å². The molecule has 0 saturated heterocycles. The number of anilines is 1. The predicted octanol–water partition coefficient (Wildman–Crippen LogP) is 2.77. The average molecular weight is 501 g/mol. The van der Waals surface area contributed by atoms with E-state index in [9.17, 15) is 14.4 Å². The normalized spacial score (nSPS) is 18.0. The van der Waals surface area contributed by atoms with Crippen LogP contribution < -0.4 is 20.9 Å². The number of carbonyl (C=O) groups is 2. The van der Waals surface area contributed by atoms with Gasteiger partial charge in [-0.05, 0) is 44.0 Å². The number of hydrogen-bond donors (Lipinski definition) is 1. The summed E-state index contributed by atoms with van der Waals surface area (Å²) in [5, 5.41) is 0. The van der Waals surface area contributed by atoms with Crippen LogP contribution in [0, 0.1) is 6.92 Å². The average Bonchev–Trinajstić information content (AvgIpc) is 3.11. The van der Waals surface area contributed by atoms with Gasteiger partial charge in [0, 0.05) is 41.9 Å². The molecule has 2 aromatic heterocycles. The second-order valence-electron chi connectivity index (χ2n) is 9.06. The molecule has 2 N–H and O–H groups in total. The zero-order valence-corrected chi connectivity index (χ0v) is 21.0. The van der Waals surface area contributed by atoms with E-state index in [1.54, 1.807) is 53.9 Å². The second-order valence-corrected chi connectivity index (χ2v) is 9.06. The summed E-state index contributed by atoms with van der Waals surface area (Å²) in [4.78, 5) is 47.9. The van der Waals surface area contributed by atoms with Gasteiger partial charge in [-0.1, -0.05) is 25.1 Å².